The summed E-state index contributed by atoms with van der Waals surface area (Å²) in [4.78, 5) is 4.35. The van der Waals surface area contributed by atoms with Crippen LogP contribution < -0.4 is 11.1 Å². The summed E-state index contributed by atoms with van der Waals surface area (Å²) in [6, 6.07) is 9.91. The van der Waals surface area contributed by atoms with Crippen LogP contribution >= 0.6 is 0 Å². The van der Waals surface area contributed by atoms with E-state index < -0.39 is 0 Å². The second kappa shape index (κ2) is 7.53. The molecule has 22 heavy (non-hydrogen) atoms. The molecule has 2 unspecified atom stereocenters. The van der Waals surface area contributed by atoms with Crippen molar-refractivity contribution in [3.8, 4) is 6.07 Å². The van der Waals surface area contributed by atoms with Crippen LogP contribution in [0.15, 0.2) is 30.5 Å². The van der Waals surface area contributed by atoms with E-state index in [0.717, 1.165) is 29.4 Å². The fourth-order valence-electron chi connectivity index (χ4n) is 2.82. The maximum atomic E-state index is 9.22. The van der Waals surface area contributed by atoms with Crippen LogP contribution in [0.5, 0.6) is 0 Å². The second-order valence-electron chi connectivity index (χ2n) is 5.54. The molecule has 1 heterocycles. The number of nitrogens with one attached hydrogen (secondary N) is 2. The minimum absolute atomic E-state index is 0.210. The van der Waals surface area contributed by atoms with Gasteiger partial charge in [0.25, 0.3) is 0 Å². The van der Waals surface area contributed by atoms with Gasteiger partial charge in [-0.2, -0.15) is 5.26 Å². The molecule has 2 atom stereocenters. The predicted molar refractivity (Wildman–Crippen MR) is 88.8 cm³/mol. The van der Waals surface area contributed by atoms with E-state index in [2.05, 4.69) is 23.3 Å². The first-order chi connectivity index (χ1) is 10.7. The molecule has 2 aromatic rings. The number of nitrogens with zero attached hydrogens (tertiary/aromatic N) is 2. The molecule has 0 amide bonds. The topological polar surface area (TPSA) is 98.6 Å². The van der Waals surface area contributed by atoms with Gasteiger partial charge in [0.1, 0.15) is 6.07 Å². The lowest BCUT2D eigenvalue weighted by atomic mass is 9.86. The number of hydrogen-bond acceptors (Lipinski definition) is 4. The zero-order valence-corrected chi connectivity index (χ0v) is 12.7. The molecular formula is C17H21N5. The zero-order chi connectivity index (χ0) is 15.9. The van der Waals surface area contributed by atoms with Crippen LogP contribution in [0, 0.1) is 22.7 Å². The molecule has 1 aromatic heterocycles. The predicted octanol–water partition coefficient (Wildman–Crippen LogP) is 2.37. The molecule has 114 valence electrons. The molecule has 4 N–H and O–H groups in total. The molecule has 0 aliphatic rings. The normalized spacial score (nSPS) is 13.3. The van der Waals surface area contributed by atoms with E-state index in [0.29, 0.717) is 18.0 Å². The lowest BCUT2D eigenvalue weighted by molar-refractivity contribution is 0.466. The first-order valence-electron chi connectivity index (χ1n) is 7.41. The fraction of sp³-hybridized carbons (Fsp3) is 0.353. The second-order valence-corrected chi connectivity index (χ2v) is 5.54. The highest BCUT2D eigenvalue weighted by Gasteiger charge is 2.17. The van der Waals surface area contributed by atoms with Crippen LogP contribution in [0.25, 0.3) is 10.9 Å². The average molecular weight is 295 g/mol. The minimum Gasteiger partial charge on any atom is -0.376 e. The largest absolute Gasteiger partial charge is 0.376 e. The van der Waals surface area contributed by atoms with Gasteiger partial charge in [-0.15, -0.1) is 0 Å². The van der Waals surface area contributed by atoms with E-state index >= 15 is 0 Å². The van der Waals surface area contributed by atoms with Crippen LogP contribution in [0.2, 0.25) is 0 Å². The van der Waals surface area contributed by atoms with Crippen molar-refractivity contribution in [3.05, 3.63) is 41.6 Å². The van der Waals surface area contributed by atoms with E-state index in [9.17, 15) is 5.26 Å². The first kappa shape index (κ1) is 15.9. The van der Waals surface area contributed by atoms with Gasteiger partial charge in [-0.3, -0.25) is 10.4 Å². The molecule has 0 radical (unpaired) electrons. The maximum Gasteiger partial charge on any atom is 0.101 e. The molecule has 5 nitrogen and oxygen atoms in total. The molecule has 0 aliphatic heterocycles. The lowest BCUT2D eigenvalue weighted by Gasteiger charge is -2.21. The monoisotopic (exact) mass is 295 g/mol. The Hall–Kier alpha value is -2.45. The maximum absolute atomic E-state index is 9.22. The Balaban J connectivity index is 2.36. The van der Waals surface area contributed by atoms with Gasteiger partial charge >= 0.3 is 0 Å². The van der Waals surface area contributed by atoms with Gasteiger partial charge in [0, 0.05) is 18.1 Å². The van der Waals surface area contributed by atoms with E-state index in [1.54, 1.807) is 6.20 Å². The molecule has 0 fully saturated rings. The smallest absolute Gasteiger partial charge is 0.101 e. The SMILES string of the molecule is CC(CNC=N)CC(CN)c1ccc(C#N)c2ncccc12. The fourth-order valence-corrected chi connectivity index (χ4v) is 2.82. The van der Waals surface area contributed by atoms with Gasteiger partial charge in [0.2, 0.25) is 0 Å². The number of aromatic nitrogens is 1. The third kappa shape index (κ3) is 3.41. The molecular weight excluding hydrogens is 274 g/mol. The van der Waals surface area contributed by atoms with Crippen LogP contribution in [-0.4, -0.2) is 24.4 Å². The number of hydrogen-bond donors (Lipinski definition) is 3. The third-order valence-corrected chi connectivity index (χ3v) is 3.90. The molecule has 5 heteroatoms. The summed E-state index contributed by atoms with van der Waals surface area (Å²) in [5.74, 6) is 0.611. The molecule has 0 spiro atoms. The van der Waals surface area contributed by atoms with Gasteiger partial charge < -0.3 is 11.1 Å². The van der Waals surface area contributed by atoms with Gasteiger partial charge in [0.05, 0.1) is 17.4 Å². The standard InChI is InChI=1S/C17H21N5/c1-12(10-21-11-20)7-14(9-19)15-5-4-13(8-18)17-16(15)3-2-6-22-17/h2-6,11-12,14H,7,9-10,19H2,1H3,(H2,20,21). The summed E-state index contributed by atoms with van der Waals surface area (Å²) in [7, 11) is 0. The summed E-state index contributed by atoms with van der Waals surface area (Å²) in [6.45, 7) is 3.44. The lowest BCUT2D eigenvalue weighted by Crippen LogP contribution is -2.23. The van der Waals surface area contributed by atoms with Crippen molar-refractivity contribution in [2.75, 3.05) is 13.1 Å². The number of nitrogens with two attached hydrogens (primary N) is 1. The highest BCUT2D eigenvalue weighted by atomic mass is 14.9. The number of fused-ring (bicyclic) bond motifs is 1. The molecule has 0 saturated heterocycles. The van der Waals surface area contributed by atoms with Crippen LogP contribution in [0.3, 0.4) is 0 Å². The number of rotatable bonds is 7. The zero-order valence-electron chi connectivity index (χ0n) is 12.7. The third-order valence-electron chi connectivity index (χ3n) is 3.90. The Morgan fingerprint density at radius 3 is 2.95 bits per heavy atom. The molecule has 0 saturated carbocycles. The van der Waals surface area contributed by atoms with E-state index in [1.165, 1.54) is 6.34 Å². The Labute approximate surface area is 130 Å². The highest BCUT2D eigenvalue weighted by Crippen LogP contribution is 2.30. The minimum atomic E-state index is 0.210. The Morgan fingerprint density at radius 1 is 1.45 bits per heavy atom. The molecule has 0 bridgehead atoms. The van der Waals surface area contributed by atoms with Gasteiger partial charge in [-0.1, -0.05) is 19.1 Å². The quantitative estimate of drug-likeness (QED) is 0.539. The Kier molecular flexibility index (Phi) is 5.45. The van der Waals surface area contributed by atoms with Gasteiger partial charge in [0.15, 0.2) is 0 Å². The van der Waals surface area contributed by atoms with Crippen molar-refractivity contribution in [1.29, 1.82) is 10.7 Å². The van der Waals surface area contributed by atoms with E-state index in [1.807, 2.05) is 24.3 Å². The highest BCUT2D eigenvalue weighted by molar-refractivity contribution is 5.87. The van der Waals surface area contributed by atoms with Crippen LogP contribution in [-0.2, 0) is 0 Å². The Morgan fingerprint density at radius 2 is 2.27 bits per heavy atom. The molecule has 0 aliphatic carbocycles. The number of benzene rings is 1. The van der Waals surface area contributed by atoms with Crippen LogP contribution in [0.1, 0.15) is 30.4 Å². The average Bonchev–Trinajstić information content (AvgIpc) is 2.57. The van der Waals surface area contributed by atoms with Crippen molar-refractivity contribution in [2.24, 2.45) is 11.7 Å². The number of pyridine rings is 1. The summed E-state index contributed by atoms with van der Waals surface area (Å²) < 4.78 is 0. The van der Waals surface area contributed by atoms with Crippen molar-refractivity contribution in [1.82, 2.24) is 10.3 Å². The van der Waals surface area contributed by atoms with Crippen LogP contribution in [0.4, 0.5) is 0 Å². The van der Waals surface area contributed by atoms with Gasteiger partial charge in [-0.05, 0) is 42.5 Å². The van der Waals surface area contributed by atoms with Crippen molar-refractivity contribution < 1.29 is 0 Å². The van der Waals surface area contributed by atoms with E-state index in [-0.39, 0.29) is 5.92 Å². The number of nitriles is 1. The molecule has 1 aromatic carbocycles. The molecule has 2 rings (SSSR count). The van der Waals surface area contributed by atoms with E-state index in [4.69, 9.17) is 11.1 Å². The van der Waals surface area contributed by atoms with Crippen molar-refractivity contribution in [2.45, 2.75) is 19.3 Å². The van der Waals surface area contributed by atoms with Crippen molar-refractivity contribution in [3.63, 3.8) is 0 Å². The summed E-state index contributed by atoms with van der Waals surface area (Å²) in [5.41, 5.74) is 8.47. The van der Waals surface area contributed by atoms with Gasteiger partial charge in [-0.25, -0.2) is 0 Å². The summed E-state index contributed by atoms with van der Waals surface area (Å²) in [5, 5.41) is 20.2. The Bertz CT molecular complexity index is 689. The van der Waals surface area contributed by atoms with Crippen molar-refractivity contribution >= 4 is 17.2 Å². The summed E-state index contributed by atoms with van der Waals surface area (Å²) >= 11 is 0. The first-order valence-corrected chi connectivity index (χ1v) is 7.41. The summed E-state index contributed by atoms with van der Waals surface area (Å²) in [6.07, 6.45) is 3.85.